The molecule has 0 bridgehead atoms. The Hall–Kier alpha value is -1.22. The van der Waals surface area contributed by atoms with E-state index in [0.29, 0.717) is 12.1 Å². The third kappa shape index (κ3) is 1.87. The molecule has 98 valence electrons. The van der Waals surface area contributed by atoms with Gasteiger partial charge in [-0.05, 0) is 38.5 Å². The van der Waals surface area contributed by atoms with Gasteiger partial charge in [0, 0.05) is 32.2 Å². The lowest BCUT2D eigenvalue weighted by atomic mass is 10.0. The largest absolute Gasteiger partial charge is 0.365 e. The van der Waals surface area contributed by atoms with Gasteiger partial charge in [-0.2, -0.15) is 0 Å². The molecule has 1 saturated heterocycles. The third-order valence-corrected chi connectivity index (χ3v) is 4.13. The van der Waals surface area contributed by atoms with Crippen LogP contribution in [-0.2, 0) is 0 Å². The van der Waals surface area contributed by atoms with E-state index in [0.717, 1.165) is 26.2 Å². The lowest BCUT2D eigenvalue weighted by Gasteiger charge is -2.48. The van der Waals surface area contributed by atoms with Crippen molar-refractivity contribution in [3.63, 3.8) is 0 Å². The van der Waals surface area contributed by atoms with E-state index < -0.39 is 0 Å². The molecule has 1 aromatic rings. The van der Waals surface area contributed by atoms with Gasteiger partial charge in [-0.25, -0.2) is 0 Å². The number of rotatable bonds is 1. The van der Waals surface area contributed by atoms with Crippen LogP contribution < -0.4 is 15.1 Å². The number of anilines is 2. The molecule has 2 aliphatic rings. The molecule has 1 unspecified atom stereocenters. The monoisotopic (exact) mass is 245 g/mol. The van der Waals surface area contributed by atoms with Crippen LogP contribution in [0.2, 0.25) is 0 Å². The van der Waals surface area contributed by atoms with E-state index in [1.165, 1.54) is 16.9 Å². The average molecular weight is 245 g/mol. The van der Waals surface area contributed by atoms with Crippen LogP contribution >= 0.6 is 0 Å². The van der Waals surface area contributed by atoms with E-state index in [-0.39, 0.29) is 0 Å². The Bertz CT molecular complexity index is 441. The van der Waals surface area contributed by atoms with Crippen molar-refractivity contribution >= 4 is 11.4 Å². The number of hydrogen-bond donors (Lipinski definition) is 1. The molecule has 3 nitrogen and oxygen atoms in total. The molecule has 0 spiro atoms. The van der Waals surface area contributed by atoms with Gasteiger partial charge in [0.25, 0.3) is 0 Å². The van der Waals surface area contributed by atoms with Gasteiger partial charge >= 0.3 is 0 Å². The van der Waals surface area contributed by atoms with Crippen LogP contribution in [-0.4, -0.2) is 38.3 Å². The van der Waals surface area contributed by atoms with Crippen molar-refractivity contribution in [1.82, 2.24) is 5.32 Å². The summed E-state index contributed by atoms with van der Waals surface area (Å²) in [6.07, 6.45) is 0. The minimum atomic E-state index is 0.564. The summed E-state index contributed by atoms with van der Waals surface area (Å²) in [4.78, 5) is 5.14. The SMILES string of the molecule is Cc1ccc2c(c1)N(C(C)C)CC1CNCCN21. The van der Waals surface area contributed by atoms with E-state index >= 15 is 0 Å². The van der Waals surface area contributed by atoms with Crippen LogP contribution in [0, 0.1) is 6.92 Å². The number of hydrogen-bond acceptors (Lipinski definition) is 3. The zero-order valence-electron chi connectivity index (χ0n) is 11.6. The van der Waals surface area contributed by atoms with E-state index in [1.807, 2.05) is 0 Å². The van der Waals surface area contributed by atoms with Crippen molar-refractivity contribution in [3.8, 4) is 0 Å². The number of nitrogens with one attached hydrogen (secondary N) is 1. The van der Waals surface area contributed by atoms with Crippen LogP contribution in [0.25, 0.3) is 0 Å². The summed E-state index contributed by atoms with van der Waals surface area (Å²) in [5.41, 5.74) is 4.20. The maximum atomic E-state index is 3.52. The van der Waals surface area contributed by atoms with Gasteiger partial charge in [-0.1, -0.05) is 6.07 Å². The van der Waals surface area contributed by atoms with Gasteiger partial charge in [0.05, 0.1) is 17.4 Å². The molecule has 0 aromatic heterocycles. The molecule has 0 aliphatic carbocycles. The molecule has 0 saturated carbocycles. The maximum absolute atomic E-state index is 3.52. The minimum Gasteiger partial charge on any atom is -0.365 e. The van der Waals surface area contributed by atoms with Crippen LogP contribution in [0.4, 0.5) is 11.4 Å². The fourth-order valence-electron chi connectivity index (χ4n) is 3.16. The summed E-state index contributed by atoms with van der Waals surface area (Å²) in [7, 11) is 0. The molecule has 1 fully saturated rings. The molecule has 1 aromatic carbocycles. The molecular formula is C15H23N3. The Kier molecular flexibility index (Phi) is 2.94. The first-order chi connectivity index (χ1) is 8.66. The Balaban J connectivity index is 2.05. The predicted molar refractivity (Wildman–Crippen MR) is 77.7 cm³/mol. The first-order valence-corrected chi connectivity index (χ1v) is 7.01. The highest BCUT2D eigenvalue weighted by Gasteiger charge is 2.33. The molecule has 1 atom stereocenters. The number of benzene rings is 1. The summed E-state index contributed by atoms with van der Waals surface area (Å²) >= 11 is 0. The van der Waals surface area contributed by atoms with Crippen molar-refractivity contribution < 1.29 is 0 Å². The summed E-state index contributed by atoms with van der Waals surface area (Å²) in [6.45, 7) is 11.2. The molecule has 3 rings (SSSR count). The van der Waals surface area contributed by atoms with Crippen LogP contribution in [0.3, 0.4) is 0 Å². The van der Waals surface area contributed by atoms with Crippen molar-refractivity contribution in [1.29, 1.82) is 0 Å². The normalized spacial score (nSPS) is 23.0. The van der Waals surface area contributed by atoms with E-state index in [1.54, 1.807) is 0 Å². The molecule has 3 heteroatoms. The first-order valence-electron chi connectivity index (χ1n) is 7.01. The average Bonchev–Trinajstić information content (AvgIpc) is 2.37. The topological polar surface area (TPSA) is 18.5 Å². The highest BCUT2D eigenvalue weighted by molar-refractivity contribution is 5.75. The van der Waals surface area contributed by atoms with E-state index in [2.05, 4.69) is 54.1 Å². The second-order valence-corrected chi connectivity index (χ2v) is 5.79. The second kappa shape index (κ2) is 4.47. The Morgan fingerprint density at radius 1 is 1.28 bits per heavy atom. The summed E-state index contributed by atoms with van der Waals surface area (Å²) in [6, 6.07) is 8.07. The van der Waals surface area contributed by atoms with Gasteiger partial charge in [-0.15, -0.1) is 0 Å². The van der Waals surface area contributed by atoms with Crippen LogP contribution in [0.15, 0.2) is 18.2 Å². The molecule has 0 radical (unpaired) electrons. The predicted octanol–water partition coefficient (Wildman–Crippen LogP) is 2.00. The Morgan fingerprint density at radius 3 is 2.89 bits per heavy atom. The Morgan fingerprint density at radius 2 is 2.11 bits per heavy atom. The van der Waals surface area contributed by atoms with E-state index in [4.69, 9.17) is 0 Å². The van der Waals surface area contributed by atoms with Gasteiger partial charge in [0.15, 0.2) is 0 Å². The molecule has 0 amide bonds. The summed E-state index contributed by atoms with van der Waals surface area (Å²) < 4.78 is 0. The lowest BCUT2D eigenvalue weighted by molar-refractivity contribution is 0.448. The second-order valence-electron chi connectivity index (χ2n) is 5.79. The molecule has 2 aliphatic heterocycles. The molecular weight excluding hydrogens is 222 g/mol. The first kappa shape index (κ1) is 11.8. The maximum Gasteiger partial charge on any atom is 0.0609 e. The van der Waals surface area contributed by atoms with Crippen LogP contribution in [0.5, 0.6) is 0 Å². The van der Waals surface area contributed by atoms with Gasteiger partial charge in [0.2, 0.25) is 0 Å². The zero-order chi connectivity index (χ0) is 12.7. The molecule has 2 heterocycles. The van der Waals surface area contributed by atoms with Gasteiger partial charge in [-0.3, -0.25) is 0 Å². The summed E-state index contributed by atoms with van der Waals surface area (Å²) in [5, 5.41) is 3.52. The highest BCUT2D eigenvalue weighted by atomic mass is 15.3. The fraction of sp³-hybridized carbons (Fsp3) is 0.600. The summed E-state index contributed by atoms with van der Waals surface area (Å²) in [5.74, 6) is 0. The van der Waals surface area contributed by atoms with Crippen molar-refractivity contribution in [2.45, 2.75) is 32.9 Å². The van der Waals surface area contributed by atoms with Crippen LogP contribution in [0.1, 0.15) is 19.4 Å². The van der Waals surface area contributed by atoms with Crippen molar-refractivity contribution in [3.05, 3.63) is 23.8 Å². The third-order valence-electron chi connectivity index (χ3n) is 4.13. The molecule has 18 heavy (non-hydrogen) atoms. The van der Waals surface area contributed by atoms with Crippen molar-refractivity contribution in [2.24, 2.45) is 0 Å². The van der Waals surface area contributed by atoms with Gasteiger partial charge < -0.3 is 15.1 Å². The highest BCUT2D eigenvalue weighted by Crippen LogP contribution is 2.37. The minimum absolute atomic E-state index is 0.564. The van der Waals surface area contributed by atoms with Gasteiger partial charge in [0.1, 0.15) is 0 Å². The lowest BCUT2D eigenvalue weighted by Crippen LogP contribution is -2.59. The smallest absolute Gasteiger partial charge is 0.0609 e. The van der Waals surface area contributed by atoms with E-state index in [9.17, 15) is 0 Å². The fourth-order valence-corrected chi connectivity index (χ4v) is 3.16. The Labute approximate surface area is 110 Å². The number of piperazine rings is 1. The zero-order valence-corrected chi connectivity index (χ0v) is 11.6. The number of fused-ring (bicyclic) bond motifs is 3. The number of nitrogens with zero attached hydrogens (tertiary/aromatic N) is 2. The quantitative estimate of drug-likeness (QED) is 0.816. The molecule has 1 N–H and O–H groups in total. The standard InChI is InChI=1S/C15H23N3/c1-11(2)18-10-13-9-16-6-7-17(13)14-5-4-12(3)8-15(14)18/h4-5,8,11,13,16H,6-7,9-10H2,1-3H3. The van der Waals surface area contributed by atoms with Crippen molar-refractivity contribution in [2.75, 3.05) is 36.0 Å². The number of aryl methyl sites for hydroxylation is 1.